The lowest BCUT2D eigenvalue weighted by atomic mass is 10.2. The van der Waals surface area contributed by atoms with Gasteiger partial charge in [0.05, 0.1) is 11.9 Å². The molecule has 0 radical (unpaired) electrons. The molecule has 0 saturated heterocycles. The molecular weight excluding hydrogens is 240 g/mol. The van der Waals surface area contributed by atoms with Crippen molar-refractivity contribution in [1.82, 2.24) is 0 Å². The van der Waals surface area contributed by atoms with Crippen LogP contribution in [0, 0.1) is 0 Å². The third-order valence-corrected chi connectivity index (χ3v) is 3.38. The van der Waals surface area contributed by atoms with Gasteiger partial charge in [0.25, 0.3) is 0 Å². The summed E-state index contributed by atoms with van der Waals surface area (Å²) >= 11 is 0. The quantitative estimate of drug-likeness (QED) is 0.750. The maximum atomic E-state index is 11.7. The Morgan fingerprint density at radius 3 is 2.35 bits per heavy atom. The van der Waals surface area contributed by atoms with E-state index in [1.807, 2.05) is 6.07 Å². The number of ether oxygens (including phenoxy) is 1. The number of hydrogen-bond donors (Lipinski definition) is 0. The molecule has 1 aromatic carbocycles. The van der Waals surface area contributed by atoms with Gasteiger partial charge in [-0.3, -0.25) is 4.79 Å². The highest BCUT2D eigenvalue weighted by Crippen LogP contribution is 2.06. The van der Waals surface area contributed by atoms with Crippen molar-refractivity contribution < 1.29 is 17.9 Å². The summed E-state index contributed by atoms with van der Waals surface area (Å²) in [5.74, 6) is -1.41. The molecule has 0 aromatic heterocycles. The maximum absolute atomic E-state index is 11.7. The summed E-state index contributed by atoms with van der Waals surface area (Å²) in [6.07, 6.45) is -0.297. The number of sulfone groups is 1. The van der Waals surface area contributed by atoms with E-state index >= 15 is 0 Å². The first kappa shape index (κ1) is 13.7. The highest BCUT2D eigenvalue weighted by molar-refractivity contribution is 7.91. The second-order valence-corrected chi connectivity index (χ2v) is 6.12. The van der Waals surface area contributed by atoms with Gasteiger partial charge in [0.1, 0.15) is 5.75 Å². The molecule has 0 unspecified atom stereocenters. The molecule has 0 aliphatic heterocycles. The third kappa shape index (κ3) is 5.49. The Kier molecular flexibility index (Phi) is 4.69. The van der Waals surface area contributed by atoms with Gasteiger partial charge < -0.3 is 4.74 Å². The van der Waals surface area contributed by atoms with Crippen molar-refractivity contribution >= 4 is 15.8 Å². The van der Waals surface area contributed by atoms with Gasteiger partial charge >= 0.3 is 5.97 Å². The molecule has 17 heavy (non-hydrogen) atoms. The van der Waals surface area contributed by atoms with Crippen LogP contribution < -0.4 is 0 Å². The van der Waals surface area contributed by atoms with Gasteiger partial charge in [0.2, 0.25) is 0 Å². The fourth-order valence-corrected chi connectivity index (χ4v) is 2.59. The molecule has 1 rings (SSSR count). The summed E-state index contributed by atoms with van der Waals surface area (Å²) in [4.78, 5) is 11.3. The van der Waals surface area contributed by atoms with Crippen LogP contribution in [0.1, 0.15) is 19.4 Å². The zero-order valence-electron chi connectivity index (χ0n) is 9.92. The fraction of sp³-hybridized carbons (Fsp3) is 0.417. The van der Waals surface area contributed by atoms with Crippen molar-refractivity contribution in [2.75, 3.05) is 5.75 Å². The Balaban J connectivity index is 2.61. The van der Waals surface area contributed by atoms with Gasteiger partial charge in [0, 0.05) is 0 Å². The van der Waals surface area contributed by atoms with Crippen LogP contribution in [0.25, 0.3) is 0 Å². The van der Waals surface area contributed by atoms with E-state index in [0.29, 0.717) is 5.56 Å². The minimum Gasteiger partial charge on any atom is -0.462 e. The van der Waals surface area contributed by atoms with Gasteiger partial charge in [-0.1, -0.05) is 30.3 Å². The van der Waals surface area contributed by atoms with Crippen molar-refractivity contribution in [3.8, 4) is 0 Å². The lowest BCUT2D eigenvalue weighted by molar-refractivity contribution is -0.144. The molecule has 0 aliphatic carbocycles. The van der Waals surface area contributed by atoms with Crippen LogP contribution in [0.15, 0.2) is 30.3 Å². The molecule has 0 spiro atoms. The molecule has 4 nitrogen and oxygen atoms in total. The zero-order chi connectivity index (χ0) is 12.9. The van der Waals surface area contributed by atoms with E-state index in [-0.39, 0.29) is 11.9 Å². The van der Waals surface area contributed by atoms with Gasteiger partial charge in [-0.2, -0.15) is 0 Å². The Hall–Kier alpha value is -1.36. The summed E-state index contributed by atoms with van der Waals surface area (Å²) < 4.78 is 28.2. The van der Waals surface area contributed by atoms with E-state index in [0.717, 1.165) is 0 Å². The first-order valence-corrected chi connectivity index (χ1v) is 7.15. The minimum absolute atomic E-state index is 0.138. The van der Waals surface area contributed by atoms with Crippen molar-refractivity contribution in [3.63, 3.8) is 0 Å². The standard InChI is InChI=1S/C12H16O4S/c1-10(2)16-12(13)9-17(14,15)8-11-6-4-3-5-7-11/h3-7,10H,8-9H2,1-2H3. The van der Waals surface area contributed by atoms with Gasteiger partial charge in [-0.25, -0.2) is 8.42 Å². The largest absolute Gasteiger partial charge is 0.462 e. The van der Waals surface area contributed by atoms with E-state index in [1.54, 1.807) is 38.1 Å². The van der Waals surface area contributed by atoms with Crippen LogP contribution >= 0.6 is 0 Å². The average Bonchev–Trinajstić information content (AvgIpc) is 2.15. The van der Waals surface area contributed by atoms with Crippen molar-refractivity contribution in [3.05, 3.63) is 35.9 Å². The molecule has 0 bridgehead atoms. The van der Waals surface area contributed by atoms with Crippen LogP contribution in [0.3, 0.4) is 0 Å². The summed E-state index contributed by atoms with van der Waals surface area (Å²) in [6, 6.07) is 8.76. The smallest absolute Gasteiger partial charge is 0.321 e. The molecular formula is C12H16O4S. The van der Waals surface area contributed by atoms with Gasteiger partial charge in [0.15, 0.2) is 9.84 Å². The van der Waals surface area contributed by atoms with Crippen LogP contribution in [-0.4, -0.2) is 26.2 Å². The van der Waals surface area contributed by atoms with Crippen LogP contribution in [0.5, 0.6) is 0 Å². The normalized spacial score (nSPS) is 11.5. The average molecular weight is 256 g/mol. The monoisotopic (exact) mass is 256 g/mol. The Morgan fingerprint density at radius 2 is 1.82 bits per heavy atom. The highest BCUT2D eigenvalue weighted by Gasteiger charge is 2.19. The Labute approximate surface area is 102 Å². The van der Waals surface area contributed by atoms with Crippen LogP contribution in [-0.2, 0) is 25.1 Å². The number of hydrogen-bond acceptors (Lipinski definition) is 4. The van der Waals surface area contributed by atoms with Crippen molar-refractivity contribution in [2.45, 2.75) is 25.7 Å². The molecule has 0 N–H and O–H groups in total. The van der Waals surface area contributed by atoms with E-state index in [2.05, 4.69) is 0 Å². The molecule has 0 amide bonds. The van der Waals surface area contributed by atoms with E-state index in [4.69, 9.17) is 4.74 Å². The van der Waals surface area contributed by atoms with E-state index in [1.165, 1.54) is 0 Å². The summed E-state index contributed by atoms with van der Waals surface area (Å²) in [6.45, 7) is 3.36. The van der Waals surface area contributed by atoms with Crippen LogP contribution in [0.4, 0.5) is 0 Å². The minimum atomic E-state index is -3.45. The Bertz CT molecular complexity index is 463. The maximum Gasteiger partial charge on any atom is 0.321 e. The predicted molar refractivity (Wildman–Crippen MR) is 65.2 cm³/mol. The first-order chi connectivity index (χ1) is 7.89. The SMILES string of the molecule is CC(C)OC(=O)CS(=O)(=O)Cc1ccccc1. The molecule has 0 heterocycles. The van der Waals surface area contributed by atoms with Gasteiger partial charge in [-0.15, -0.1) is 0 Å². The summed E-state index contributed by atoms with van der Waals surface area (Å²) in [7, 11) is -3.45. The van der Waals surface area contributed by atoms with E-state index < -0.39 is 21.6 Å². The Morgan fingerprint density at radius 1 is 1.24 bits per heavy atom. The topological polar surface area (TPSA) is 60.4 Å². The predicted octanol–water partition coefficient (Wildman–Crippen LogP) is 1.55. The third-order valence-electron chi connectivity index (χ3n) is 1.93. The second-order valence-electron chi connectivity index (χ2n) is 4.06. The summed E-state index contributed by atoms with van der Waals surface area (Å²) in [5, 5.41) is 0. The van der Waals surface area contributed by atoms with E-state index in [9.17, 15) is 13.2 Å². The molecule has 5 heteroatoms. The molecule has 0 fully saturated rings. The molecule has 1 aromatic rings. The number of rotatable bonds is 5. The lowest BCUT2D eigenvalue weighted by Gasteiger charge is -2.08. The van der Waals surface area contributed by atoms with Crippen molar-refractivity contribution in [2.24, 2.45) is 0 Å². The number of carbonyl (C=O) groups is 1. The first-order valence-electron chi connectivity index (χ1n) is 5.33. The lowest BCUT2D eigenvalue weighted by Crippen LogP contribution is -2.22. The molecule has 0 atom stereocenters. The number of esters is 1. The molecule has 0 saturated carbocycles. The second kappa shape index (κ2) is 5.82. The fourth-order valence-electron chi connectivity index (χ4n) is 1.36. The zero-order valence-corrected chi connectivity index (χ0v) is 10.7. The highest BCUT2D eigenvalue weighted by atomic mass is 32.2. The van der Waals surface area contributed by atoms with Crippen LogP contribution in [0.2, 0.25) is 0 Å². The summed E-state index contributed by atoms with van der Waals surface area (Å²) in [5.41, 5.74) is 0.671. The van der Waals surface area contributed by atoms with Gasteiger partial charge in [-0.05, 0) is 19.4 Å². The molecule has 0 aliphatic rings. The number of carbonyl (C=O) groups excluding carboxylic acids is 1. The molecule has 94 valence electrons. The van der Waals surface area contributed by atoms with Crippen molar-refractivity contribution in [1.29, 1.82) is 0 Å². The number of benzene rings is 1.